The lowest BCUT2D eigenvalue weighted by Gasteiger charge is -2.33. The first-order chi connectivity index (χ1) is 10.8. The highest BCUT2D eigenvalue weighted by molar-refractivity contribution is 5.97. The van der Waals surface area contributed by atoms with Crippen molar-refractivity contribution in [3.8, 4) is 0 Å². The fourth-order valence-corrected chi connectivity index (χ4v) is 2.66. The lowest BCUT2D eigenvalue weighted by molar-refractivity contribution is -0.173. The van der Waals surface area contributed by atoms with Crippen LogP contribution in [0.15, 0.2) is 30.5 Å². The van der Waals surface area contributed by atoms with E-state index in [1.165, 1.54) is 24.3 Å². The number of anilines is 1. The summed E-state index contributed by atoms with van der Waals surface area (Å²) in [5.41, 5.74) is 5.53. The third-order valence-corrected chi connectivity index (χ3v) is 3.78. The molecule has 2 atom stereocenters. The van der Waals surface area contributed by atoms with Crippen LogP contribution in [-0.4, -0.2) is 21.9 Å². The van der Waals surface area contributed by atoms with Crippen molar-refractivity contribution < 1.29 is 22.4 Å². The van der Waals surface area contributed by atoms with Gasteiger partial charge in [0.05, 0.1) is 12.2 Å². The van der Waals surface area contributed by atoms with Gasteiger partial charge in [0, 0.05) is 6.42 Å². The molecular formula is C14H12F4N4O. The number of nitrogens with one attached hydrogen (secondary N) is 1. The minimum absolute atomic E-state index is 0.0830. The van der Waals surface area contributed by atoms with Gasteiger partial charge in [0.2, 0.25) is 0 Å². The van der Waals surface area contributed by atoms with E-state index in [1.807, 2.05) is 0 Å². The van der Waals surface area contributed by atoms with Gasteiger partial charge >= 0.3 is 6.18 Å². The van der Waals surface area contributed by atoms with Crippen LogP contribution in [-0.2, 0) is 0 Å². The molecule has 2 heterocycles. The van der Waals surface area contributed by atoms with Gasteiger partial charge in [-0.25, -0.2) is 9.07 Å². The Morgan fingerprint density at radius 1 is 1.30 bits per heavy atom. The van der Waals surface area contributed by atoms with Gasteiger partial charge in [-0.1, -0.05) is 12.1 Å². The van der Waals surface area contributed by atoms with Crippen molar-refractivity contribution in [1.29, 1.82) is 0 Å². The lowest BCUT2D eigenvalue weighted by atomic mass is 9.96. The maximum atomic E-state index is 13.3. The molecule has 1 amide bonds. The number of fused-ring (bicyclic) bond motifs is 1. The fraction of sp³-hybridized carbons (Fsp3) is 0.286. The van der Waals surface area contributed by atoms with E-state index in [0.29, 0.717) is 5.56 Å². The van der Waals surface area contributed by atoms with Crippen molar-refractivity contribution in [2.75, 3.05) is 5.32 Å². The first-order valence-corrected chi connectivity index (χ1v) is 6.73. The number of aromatic nitrogens is 2. The number of alkyl halides is 3. The summed E-state index contributed by atoms with van der Waals surface area (Å²) in [5.74, 6) is -1.44. The van der Waals surface area contributed by atoms with Gasteiger partial charge in [-0.2, -0.15) is 18.3 Å². The summed E-state index contributed by atoms with van der Waals surface area (Å²) in [4.78, 5) is 11.4. The van der Waals surface area contributed by atoms with Gasteiger partial charge < -0.3 is 11.1 Å². The number of rotatable bonds is 2. The Hall–Kier alpha value is -2.58. The molecule has 3 N–H and O–H groups in total. The summed E-state index contributed by atoms with van der Waals surface area (Å²) < 4.78 is 53.7. The van der Waals surface area contributed by atoms with Crippen LogP contribution in [0.5, 0.6) is 0 Å². The van der Waals surface area contributed by atoms with E-state index in [2.05, 4.69) is 10.4 Å². The molecule has 0 spiro atoms. The van der Waals surface area contributed by atoms with Crippen molar-refractivity contribution in [3.05, 3.63) is 47.4 Å². The number of carbonyl (C=O) groups is 1. The quantitative estimate of drug-likeness (QED) is 0.833. The molecule has 2 aromatic rings. The summed E-state index contributed by atoms with van der Waals surface area (Å²) in [6, 6.07) is 2.49. The highest BCUT2D eigenvalue weighted by Crippen LogP contribution is 2.44. The highest BCUT2D eigenvalue weighted by Gasteiger charge is 2.47. The van der Waals surface area contributed by atoms with Crippen LogP contribution in [0.4, 0.5) is 23.4 Å². The molecule has 0 saturated carbocycles. The molecule has 9 heteroatoms. The first-order valence-electron chi connectivity index (χ1n) is 6.73. The van der Waals surface area contributed by atoms with Crippen LogP contribution in [0.2, 0.25) is 0 Å². The number of hydrogen-bond donors (Lipinski definition) is 2. The predicted molar refractivity (Wildman–Crippen MR) is 73.2 cm³/mol. The zero-order chi connectivity index (χ0) is 16.8. The monoisotopic (exact) mass is 328 g/mol. The molecule has 1 aromatic carbocycles. The smallest absolute Gasteiger partial charge is 0.365 e. The second kappa shape index (κ2) is 5.25. The Kier molecular flexibility index (Phi) is 3.50. The Labute approximate surface area is 128 Å². The number of benzene rings is 1. The number of carbonyl (C=O) groups excluding carboxylic acids is 1. The van der Waals surface area contributed by atoms with Gasteiger partial charge in [0.25, 0.3) is 5.91 Å². The molecule has 23 heavy (non-hydrogen) atoms. The molecule has 5 nitrogen and oxygen atoms in total. The van der Waals surface area contributed by atoms with Crippen LogP contribution in [0.25, 0.3) is 0 Å². The van der Waals surface area contributed by atoms with E-state index in [0.717, 1.165) is 10.9 Å². The molecule has 122 valence electrons. The summed E-state index contributed by atoms with van der Waals surface area (Å²) in [7, 11) is 0. The SMILES string of the molecule is NC(=O)c1cnn2c1N[C@@H](c1ccc(F)cc1)C[C@H]2C(F)(F)F. The van der Waals surface area contributed by atoms with Crippen molar-refractivity contribution >= 4 is 11.7 Å². The van der Waals surface area contributed by atoms with E-state index >= 15 is 0 Å². The molecule has 0 bridgehead atoms. The minimum atomic E-state index is -4.55. The highest BCUT2D eigenvalue weighted by atomic mass is 19.4. The van der Waals surface area contributed by atoms with Crippen LogP contribution in [0, 0.1) is 5.82 Å². The Balaban J connectivity index is 2.05. The van der Waals surface area contributed by atoms with Gasteiger partial charge in [-0.05, 0) is 17.7 Å². The molecule has 1 aliphatic rings. The van der Waals surface area contributed by atoms with Crippen molar-refractivity contribution in [2.45, 2.75) is 24.7 Å². The summed E-state index contributed by atoms with van der Waals surface area (Å²) in [5, 5.41) is 6.48. The molecule has 0 saturated heterocycles. The number of halogens is 4. The second-order valence-electron chi connectivity index (χ2n) is 5.26. The number of nitrogens with two attached hydrogens (primary N) is 1. The number of amides is 1. The molecule has 3 rings (SSSR count). The van der Waals surface area contributed by atoms with Crippen molar-refractivity contribution in [1.82, 2.24) is 9.78 Å². The average molecular weight is 328 g/mol. The van der Waals surface area contributed by atoms with E-state index < -0.39 is 30.0 Å². The summed E-state index contributed by atoms with van der Waals surface area (Å²) >= 11 is 0. The molecule has 1 aromatic heterocycles. The van der Waals surface area contributed by atoms with Crippen LogP contribution < -0.4 is 11.1 Å². The Morgan fingerprint density at radius 2 is 1.96 bits per heavy atom. The third-order valence-electron chi connectivity index (χ3n) is 3.78. The van der Waals surface area contributed by atoms with Gasteiger partial charge in [0.1, 0.15) is 17.2 Å². The van der Waals surface area contributed by atoms with Crippen molar-refractivity contribution in [2.24, 2.45) is 5.73 Å². The molecule has 0 unspecified atom stereocenters. The van der Waals surface area contributed by atoms with Crippen molar-refractivity contribution in [3.63, 3.8) is 0 Å². The van der Waals surface area contributed by atoms with Crippen LogP contribution >= 0.6 is 0 Å². The average Bonchev–Trinajstić information content (AvgIpc) is 2.89. The summed E-state index contributed by atoms with van der Waals surface area (Å²) in [6.07, 6.45) is -3.87. The minimum Gasteiger partial charge on any atom is -0.365 e. The number of hydrogen-bond acceptors (Lipinski definition) is 3. The Morgan fingerprint density at radius 3 is 2.52 bits per heavy atom. The number of primary amides is 1. The predicted octanol–water partition coefficient (Wildman–Crippen LogP) is 2.78. The topological polar surface area (TPSA) is 72.9 Å². The molecule has 0 fully saturated rings. The standard InChI is InChI=1S/C14H12F4N4O/c15-8-3-1-7(2-4-8)10-5-11(14(16,17)18)22-13(21-10)9(6-20-22)12(19)23/h1-4,6,10-11,21H,5H2,(H2,19,23)/t10-,11+/m1/s1. The van der Waals surface area contributed by atoms with E-state index in [9.17, 15) is 22.4 Å². The maximum absolute atomic E-state index is 13.3. The number of nitrogens with zero attached hydrogens (tertiary/aromatic N) is 2. The van der Waals surface area contributed by atoms with Gasteiger partial charge in [-0.3, -0.25) is 4.79 Å². The van der Waals surface area contributed by atoms with Crippen LogP contribution in [0.3, 0.4) is 0 Å². The van der Waals surface area contributed by atoms with E-state index in [1.54, 1.807) is 0 Å². The summed E-state index contributed by atoms with van der Waals surface area (Å²) in [6.45, 7) is 0. The maximum Gasteiger partial charge on any atom is 0.410 e. The van der Waals surface area contributed by atoms with E-state index in [-0.39, 0.29) is 17.8 Å². The molecule has 0 aliphatic carbocycles. The normalized spacial score (nSPS) is 20.7. The largest absolute Gasteiger partial charge is 0.410 e. The van der Waals surface area contributed by atoms with Gasteiger partial charge in [0.15, 0.2) is 6.04 Å². The fourth-order valence-electron chi connectivity index (χ4n) is 2.66. The molecule has 0 radical (unpaired) electrons. The Bertz CT molecular complexity index is 738. The second-order valence-corrected chi connectivity index (χ2v) is 5.26. The van der Waals surface area contributed by atoms with E-state index in [4.69, 9.17) is 5.73 Å². The third kappa shape index (κ3) is 2.73. The molecular weight excluding hydrogens is 316 g/mol. The van der Waals surface area contributed by atoms with Gasteiger partial charge in [-0.15, -0.1) is 0 Å². The zero-order valence-corrected chi connectivity index (χ0v) is 11.6. The lowest BCUT2D eigenvalue weighted by Crippen LogP contribution is -2.36. The first kappa shape index (κ1) is 15.3. The van der Waals surface area contributed by atoms with Crippen LogP contribution in [0.1, 0.15) is 34.4 Å². The zero-order valence-electron chi connectivity index (χ0n) is 11.6. The molecule has 1 aliphatic heterocycles.